The minimum atomic E-state index is -0.0498. The van der Waals surface area contributed by atoms with Crippen molar-refractivity contribution < 1.29 is 4.79 Å². The second kappa shape index (κ2) is 12.4. The van der Waals surface area contributed by atoms with E-state index in [0.29, 0.717) is 5.56 Å². The third kappa shape index (κ3) is 7.50. The number of likely N-dealkylation sites (tertiary alicyclic amines) is 1. The Kier molecular flexibility index (Phi) is 9.83. The number of benzene rings is 1. The zero-order valence-electron chi connectivity index (χ0n) is 17.8. The molecule has 1 aromatic carbocycles. The highest BCUT2D eigenvalue weighted by molar-refractivity contribution is 5.94. The first-order chi connectivity index (χ1) is 13.6. The highest BCUT2D eigenvalue weighted by Crippen LogP contribution is 2.16. The molecule has 6 nitrogen and oxygen atoms in total. The van der Waals surface area contributed by atoms with Crippen LogP contribution in [0.4, 0.5) is 0 Å². The van der Waals surface area contributed by atoms with Crippen LogP contribution >= 0.6 is 0 Å². The molecule has 0 radical (unpaired) electrons. The summed E-state index contributed by atoms with van der Waals surface area (Å²) in [6.45, 7) is 6.54. The number of guanidine groups is 1. The second-order valence-corrected chi connectivity index (χ2v) is 7.54. The Hall–Kier alpha value is -2.08. The molecule has 1 aliphatic rings. The van der Waals surface area contributed by atoms with Crippen molar-refractivity contribution in [2.75, 3.05) is 40.3 Å². The van der Waals surface area contributed by atoms with Crippen molar-refractivity contribution >= 4 is 11.9 Å². The number of amides is 1. The molecule has 1 atom stereocenters. The fourth-order valence-electron chi connectivity index (χ4n) is 3.69. The minimum absolute atomic E-state index is 0.0498. The summed E-state index contributed by atoms with van der Waals surface area (Å²) in [4.78, 5) is 18.7. The Balaban J connectivity index is 1.61. The predicted molar refractivity (Wildman–Crippen MR) is 117 cm³/mol. The SMILES string of the molecule is CN=C(NCCCCN1CCCCC1C)NCCc1cccc(C(=O)NC)c1. The molecule has 1 aromatic rings. The van der Waals surface area contributed by atoms with E-state index in [1.54, 1.807) is 14.1 Å². The van der Waals surface area contributed by atoms with Gasteiger partial charge in [-0.05, 0) is 69.8 Å². The first-order valence-corrected chi connectivity index (χ1v) is 10.6. The van der Waals surface area contributed by atoms with Crippen molar-refractivity contribution in [3.8, 4) is 0 Å². The second-order valence-electron chi connectivity index (χ2n) is 7.54. The Morgan fingerprint density at radius 3 is 2.79 bits per heavy atom. The lowest BCUT2D eigenvalue weighted by atomic mass is 10.0. The molecule has 1 heterocycles. The van der Waals surface area contributed by atoms with E-state index in [2.05, 4.69) is 32.8 Å². The van der Waals surface area contributed by atoms with Gasteiger partial charge in [-0.15, -0.1) is 0 Å². The molecule has 3 N–H and O–H groups in total. The zero-order valence-corrected chi connectivity index (χ0v) is 17.8. The summed E-state index contributed by atoms with van der Waals surface area (Å²) in [7, 11) is 3.45. The molecule has 6 heteroatoms. The van der Waals surface area contributed by atoms with Gasteiger partial charge in [0, 0.05) is 38.8 Å². The average molecular weight is 388 g/mol. The van der Waals surface area contributed by atoms with Gasteiger partial charge in [0.05, 0.1) is 0 Å². The Bertz CT molecular complexity index is 631. The van der Waals surface area contributed by atoms with Crippen LogP contribution in [0.25, 0.3) is 0 Å². The molecule has 1 unspecified atom stereocenters. The van der Waals surface area contributed by atoms with Gasteiger partial charge in [0.1, 0.15) is 0 Å². The maximum Gasteiger partial charge on any atom is 0.251 e. The lowest BCUT2D eigenvalue weighted by Gasteiger charge is -2.33. The number of nitrogens with zero attached hydrogens (tertiary/aromatic N) is 2. The van der Waals surface area contributed by atoms with Gasteiger partial charge < -0.3 is 20.9 Å². The molecule has 156 valence electrons. The normalized spacial score (nSPS) is 18.0. The van der Waals surface area contributed by atoms with Crippen LogP contribution < -0.4 is 16.0 Å². The first kappa shape index (κ1) is 22.2. The van der Waals surface area contributed by atoms with Crippen LogP contribution in [0.1, 0.15) is 54.9 Å². The number of rotatable bonds is 9. The van der Waals surface area contributed by atoms with Crippen molar-refractivity contribution in [3.63, 3.8) is 0 Å². The van der Waals surface area contributed by atoms with Gasteiger partial charge in [-0.25, -0.2) is 0 Å². The number of hydrogen-bond acceptors (Lipinski definition) is 3. The van der Waals surface area contributed by atoms with Crippen LogP contribution in [-0.4, -0.2) is 63.1 Å². The first-order valence-electron chi connectivity index (χ1n) is 10.6. The average Bonchev–Trinajstić information content (AvgIpc) is 2.73. The third-order valence-electron chi connectivity index (χ3n) is 5.45. The summed E-state index contributed by atoms with van der Waals surface area (Å²) >= 11 is 0. The molecule has 1 aliphatic heterocycles. The molecule has 0 spiro atoms. The lowest BCUT2D eigenvalue weighted by Crippen LogP contribution is -2.40. The van der Waals surface area contributed by atoms with Gasteiger partial charge in [0.25, 0.3) is 5.91 Å². The van der Waals surface area contributed by atoms with Gasteiger partial charge in [0.15, 0.2) is 5.96 Å². The maximum atomic E-state index is 11.7. The highest BCUT2D eigenvalue weighted by atomic mass is 16.1. The van der Waals surface area contributed by atoms with Crippen LogP contribution in [0.3, 0.4) is 0 Å². The van der Waals surface area contributed by atoms with Gasteiger partial charge >= 0.3 is 0 Å². The van der Waals surface area contributed by atoms with Gasteiger partial charge in [-0.2, -0.15) is 0 Å². The van der Waals surface area contributed by atoms with Crippen LogP contribution in [0.5, 0.6) is 0 Å². The lowest BCUT2D eigenvalue weighted by molar-refractivity contribution is 0.0963. The van der Waals surface area contributed by atoms with Gasteiger partial charge in [-0.3, -0.25) is 9.79 Å². The van der Waals surface area contributed by atoms with E-state index in [1.807, 2.05) is 24.3 Å². The summed E-state index contributed by atoms with van der Waals surface area (Å²) in [5.41, 5.74) is 1.84. The topological polar surface area (TPSA) is 68.8 Å². The standard InChI is InChI=1S/C22H37N5O/c1-18-9-4-6-15-27(18)16-7-5-13-25-22(24-3)26-14-12-19-10-8-11-20(17-19)21(28)23-2/h8,10-11,17-18H,4-7,9,12-16H2,1-3H3,(H,23,28)(H2,24,25,26). The molecule has 0 aromatic heterocycles. The van der Waals surface area contributed by atoms with Crippen molar-refractivity contribution in [3.05, 3.63) is 35.4 Å². The molecule has 0 bridgehead atoms. The number of carbonyl (C=O) groups is 1. The monoisotopic (exact) mass is 387 g/mol. The third-order valence-corrected chi connectivity index (χ3v) is 5.45. The van der Waals surface area contributed by atoms with Gasteiger partial charge in [0.2, 0.25) is 0 Å². The van der Waals surface area contributed by atoms with Crippen molar-refractivity contribution in [1.29, 1.82) is 0 Å². The van der Waals surface area contributed by atoms with Crippen molar-refractivity contribution in [2.45, 2.75) is 51.5 Å². The van der Waals surface area contributed by atoms with E-state index >= 15 is 0 Å². The van der Waals surface area contributed by atoms with Crippen LogP contribution in [0, 0.1) is 0 Å². The van der Waals surface area contributed by atoms with Crippen LogP contribution in [-0.2, 0) is 6.42 Å². The van der Waals surface area contributed by atoms with Crippen molar-refractivity contribution in [2.24, 2.45) is 4.99 Å². The number of unbranched alkanes of at least 4 members (excludes halogenated alkanes) is 1. The largest absolute Gasteiger partial charge is 0.356 e. The minimum Gasteiger partial charge on any atom is -0.356 e. The number of piperidine rings is 1. The Morgan fingerprint density at radius 1 is 1.21 bits per heavy atom. The number of hydrogen-bond donors (Lipinski definition) is 3. The van der Waals surface area contributed by atoms with Gasteiger partial charge in [-0.1, -0.05) is 18.6 Å². The fourth-order valence-corrected chi connectivity index (χ4v) is 3.69. The fraction of sp³-hybridized carbons (Fsp3) is 0.636. The number of nitrogens with one attached hydrogen (secondary N) is 3. The molecule has 2 rings (SSSR count). The molecular weight excluding hydrogens is 350 g/mol. The van der Waals surface area contributed by atoms with E-state index in [1.165, 1.54) is 38.8 Å². The van der Waals surface area contributed by atoms with Crippen molar-refractivity contribution in [1.82, 2.24) is 20.9 Å². The number of carbonyl (C=O) groups excluding carboxylic acids is 1. The van der Waals surface area contributed by atoms with Crippen LogP contribution in [0.15, 0.2) is 29.3 Å². The zero-order chi connectivity index (χ0) is 20.2. The smallest absolute Gasteiger partial charge is 0.251 e. The summed E-state index contributed by atoms with van der Waals surface area (Å²) in [6.07, 6.45) is 7.31. The van der Waals surface area contributed by atoms with E-state index < -0.39 is 0 Å². The summed E-state index contributed by atoms with van der Waals surface area (Å²) in [5.74, 6) is 0.792. The van der Waals surface area contributed by atoms with Crippen LogP contribution in [0.2, 0.25) is 0 Å². The molecule has 0 saturated carbocycles. The maximum absolute atomic E-state index is 11.7. The molecular formula is C22H37N5O. The number of aliphatic imine (C=N–C) groups is 1. The molecule has 0 aliphatic carbocycles. The summed E-state index contributed by atoms with van der Waals surface area (Å²) in [5, 5.41) is 9.42. The van der Waals surface area contributed by atoms with E-state index in [-0.39, 0.29) is 5.91 Å². The van der Waals surface area contributed by atoms with E-state index in [9.17, 15) is 4.79 Å². The molecule has 1 amide bonds. The van der Waals surface area contributed by atoms with E-state index in [4.69, 9.17) is 0 Å². The summed E-state index contributed by atoms with van der Waals surface area (Å²) in [6, 6.07) is 8.50. The predicted octanol–water partition coefficient (Wildman–Crippen LogP) is 2.41. The molecule has 1 saturated heterocycles. The molecule has 1 fully saturated rings. The Morgan fingerprint density at radius 2 is 2.04 bits per heavy atom. The highest BCUT2D eigenvalue weighted by Gasteiger charge is 2.16. The van der Waals surface area contributed by atoms with E-state index in [0.717, 1.165) is 43.5 Å². The Labute approximate surface area is 170 Å². The summed E-state index contributed by atoms with van der Waals surface area (Å²) < 4.78 is 0. The molecule has 28 heavy (non-hydrogen) atoms. The quantitative estimate of drug-likeness (QED) is 0.346.